The van der Waals surface area contributed by atoms with Crippen molar-refractivity contribution in [1.82, 2.24) is 4.90 Å². The van der Waals surface area contributed by atoms with Crippen molar-refractivity contribution < 1.29 is 0 Å². The molecule has 0 aromatic rings. The second-order valence-corrected chi connectivity index (χ2v) is 4.62. The van der Waals surface area contributed by atoms with Gasteiger partial charge in [-0.2, -0.15) is 0 Å². The Hall–Kier alpha value is -0.0400. The lowest BCUT2D eigenvalue weighted by atomic mass is 9.95. The zero-order valence-corrected chi connectivity index (χ0v) is 7.77. The largest absolute Gasteiger partial charge is 0.306 e. The molecule has 1 saturated heterocycles. The average Bonchev–Trinajstić information content (AvgIpc) is 2.62. The van der Waals surface area contributed by atoms with E-state index in [9.17, 15) is 0 Å². The van der Waals surface area contributed by atoms with Crippen LogP contribution in [-0.4, -0.2) is 25.0 Å². The molecule has 1 nitrogen and oxygen atoms in total. The molecule has 1 unspecified atom stereocenters. The van der Waals surface area contributed by atoms with E-state index in [1.54, 1.807) is 0 Å². The number of rotatable bonds is 0. The molecular formula is C10H19N. The Labute approximate surface area is 69.8 Å². The Morgan fingerprint density at radius 2 is 2.00 bits per heavy atom. The van der Waals surface area contributed by atoms with Crippen molar-refractivity contribution >= 4 is 0 Å². The Bertz CT molecular complexity index is 153. The van der Waals surface area contributed by atoms with Crippen molar-refractivity contribution in [2.45, 2.75) is 32.6 Å². The van der Waals surface area contributed by atoms with Gasteiger partial charge in [0, 0.05) is 0 Å². The molecule has 2 aliphatic rings. The van der Waals surface area contributed by atoms with Crippen LogP contribution in [0.25, 0.3) is 0 Å². The summed E-state index contributed by atoms with van der Waals surface area (Å²) in [5.74, 6) is 1.04. The molecule has 0 aromatic carbocycles. The molecule has 0 radical (unpaired) electrons. The Kier molecular flexibility index (Phi) is 1.71. The van der Waals surface area contributed by atoms with Gasteiger partial charge in [-0.15, -0.1) is 0 Å². The third kappa shape index (κ3) is 1.31. The van der Waals surface area contributed by atoms with Crippen molar-refractivity contribution in [3.05, 3.63) is 0 Å². The molecule has 1 heteroatoms. The van der Waals surface area contributed by atoms with Crippen molar-refractivity contribution in [2.24, 2.45) is 11.3 Å². The summed E-state index contributed by atoms with van der Waals surface area (Å²) in [6, 6.07) is 0. The highest BCUT2D eigenvalue weighted by Gasteiger charge is 2.50. The molecule has 1 saturated carbocycles. The van der Waals surface area contributed by atoms with E-state index in [0.717, 1.165) is 11.3 Å². The first-order valence-corrected chi connectivity index (χ1v) is 4.91. The summed E-state index contributed by atoms with van der Waals surface area (Å²) in [5, 5.41) is 0. The maximum absolute atomic E-state index is 2.49. The van der Waals surface area contributed by atoms with E-state index in [0.29, 0.717) is 0 Å². The van der Waals surface area contributed by atoms with Crippen molar-refractivity contribution in [3.63, 3.8) is 0 Å². The second kappa shape index (κ2) is 2.48. The maximum atomic E-state index is 2.49. The van der Waals surface area contributed by atoms with Gasteiger partial charge in [-0.25, -0.2) is 0 Å². The smallest absolute Gasteiger partial charge is 0.00164 e. The minimum Gasteiger partial charge on any atom is -0.306 e. The van der Waals surface area contributed by atoms with Gasteiger partial charge in [0.05, 0.1) is 0 Å². The standard InChI is InChI=1S/C10H19N/c1-9-8-10(9)4-3-6-11(2)7-5-10/h9H,3-8H2,1-2H3/t9-,10?/m0/s1. The molecule has 0 aromatic heterocycles. The van der Waals surface area contributed by atoms with E-state index >= 15 is 0 Å². The van der Waals surface area contributed by atoms with Crippen LogP contribution in [0.2, 0.25) is 0 Å². The fourth-order valence-electron chi connectivity index (χ4n) is 2.60. The number of hydrogen-bond donors (Lipinski definition) is 0. The van der Waals surface area contributed by atoms with Gasteiger partial charge in [0.25, 0.3) is 0 Å². The van der Waals surface area contributed by atoms with Crippen LogP contribution in [0.15, 0.2) is 0 Å². The van der Waals surface area contributed by atoms with Crippen LogP contribution in [0.4, 0.5) is 0 Å². The summed E-state index contributed by atoms with van der Waals surface area (Å²) in [7, 11) is 2.26. The van der Waals surface area contributed by atoms with Gasteiger partial charge >= 0.3 is 0 Å². The van der Waals surface area contributed by atoms with E-state index in [1.165, 1.54) is 38.8 Å². The fraction of sp³-hybridized carbons (Fsp3) is 1.00. The average molecular weight is 153 g/mol. The van der Waals surface area contributed by atoms with Crippen molar-refractivity contribution in [3.8, 4) is 0 Å². The van der Waals surface area contributed by atoms with Crippen LogP contribution in [-0.2, 0) is 0 Å². The molecule has 2 rings (SSSR count). The summed E-state index contributed by atoms with van der Waals surface area (Å²) in [5.41, 5.74) is 0.810. The Morgan fingerprint density at radius 3 is 2.64 bits per heavy atom. The summed E-state index contributed by atoms with van der Waals surface area (Å²) in [6.45, 7) is 5.09. The molecule has 0 amide bonds. The van der Waals surface area contributed by atoms with E-state index in [2.05, 4.69) is 18.9 Å². The monoisotopic (exact) mass is 153 g/mol. The molecule has 2 fully saturated rings. The second-order valence-electron chi connectivity index (χ2n) is 4.62. The van der Waals surface area contributed by atoms with E-state index in [4.69, 9.17) is 0 Å². The van der Waals surface area contributed by atoms with Gasteiger partial charge < -0.3 is 4.90 Å². The van der Waals surface area contributed by atoms with Gasteiger partial charge in [-0.05, 0) is 57.2 Å². The Morgan fingerprint density at radius 1 is 1.27 bits per heavy atom. The molecular weight excluding hydrogens is 134 g/mol. The zero-order chi connectivity index (χ0) is 7.90. The van der Waals surface area contributed by atoms with Crippen LogP contribution in [0, 0.1) is 11.3 Å². The first-order chi connectivity index (χ1) is 5.23. The summed E-state index contributed by atoms with van der Waals surface area (Å²) < 4.78 is 0. The van der Waals surface area contributed by atoms with Crippen LogP contribution >= 0.6 is 0 Å². The minimum absolute atomic E-state index is 0.810. The third-order valence-corrected chi connectivity index (χ3v) is 3.80. The van der Waals surface area contributed by atoms with Crippen LogP contribution < -0.4 is 0 Å². The number of hydrogen-bond acceptors (Lipinski definition) is 1. The van der Waals surface area contributed by atoms with E-state index < -0.39 is 0 Å². The molecule has 64 valence electrons. The number of likely N-dealkylation sites (tertiary alicyclic amines) is 1. The van der Waals surface area contributed by atoms with E-state index in [1.807, 2.05) is 0 Å². The van der Waals surface area contributed by atoms with Gasteiger partial charge in [0.15, 0.2) is 0 Å². The van der Waals surface area contributed by atoms with Crippen molar-refractivity contribution in [1.29, 1.82) is 0 Å². The van der Waals surface area contributed by atoms with Crippen LogP contribution in [0.3, 0.4) is 0 Å². The molecule has 1 heterocycles. The summed E-state index contributed by atoms with van der Waals surface area (Å²) >= 11 is 0. The summed E-state index contributed by atoms with van der Waals surface area (Å²) in [4.78, 5) is 2.49. The topological polar surface area (TPSA) is 3.24 Å². The first-order valence-electron chi connectivity index (χ1n) is 4.91. The van der Waals surface area contributed by atoms with Gasteiger partial charge in [-0.1, -0.05) is 6.92 Å². The normalized spacial score (nSPS) is 45.8. The van der Waals surface area contributed by atoms with Crippen LogP contribution in [0.5, 0.6) is 0 Å². The highest BCUT2D eigenvalue weighted by atomic mass is 15.1. The molecule has 11 heavy (non-hydrogen) atoms. The highest BCUT2D eigenvalue weighted by molar-refractivity contribution is 5.00. The zero-order valence-electron chi connectivity index (χ0n) is 7.77. The third-order valence-electron chi connectivity index (χ3n) is 3.80. The van der Waals surface area contributed by atoms with Gasteiger partial charge in [-0.3, -0.25) is 0 Å². The lowest BCUT2D eigenvalue weighted by molar-refractivity contribution is 0.333. The highest BCUT2D eigenvalue weighted by Crippen LogP contribution is 2.58. The SMILES string of the molecule is C[C@H]1CC12CCCN(C)CC2. The molecule has 0 N–H and O–H groups in total. The maximum Gasteiger partial charge on any atom is -0.00164 e. The molecule has 1 aliphatic heterocycles. The first kappa shape index (κ1) is 7.60. The lowest BCUT2D eigenvalue weighted by Crippen LogP contribution is -2.19. The summed E-state index contributed by atoms with van der Waals surface area (Å²) in [6.07, 6.45) is 5.91. The molecule has 1 spiro atoms. The Balaban J connectivity index is 1.95. The fourth-order valence-corrected chi connectivity index (χ4v) is 2.60. The van der Waals surface area contributed by atoms with E-state index in [-0.39, 0.29) is 0 Å². The molecule has 1 aliphatic carbocycles. The van der Waals surface area contributed by atoms with Crippen LogP contribution in [0.1, 0.15) is 32.6 Å². The lowest BCUT2D eigenvalue weighted by Gasteiger charge is -2.13. The number of nitrogens with zero attached hydrogens (tertiary/aromatic N) is 1. The van der Waals surface area contributed by atoms with Gasteiger partial charge in [0.1, 0.15) is 0 Å². The van der Waals surface area contributed by atoms with Crippen molar-refractivity contribution in [2.75, 3.05) is 20.1 Å². The molecule has 0 bridgehead atoms. The predicted molar refractivity (Wildman–Crippen MR) is 47.6 cm³/mol. The molecule has 2 atom stereocenters. The quantitative estimate of drug-likeness (QED) is 0.515. The van der Waals surface area contributed by atoms with Gasteiger partial charge in [0.2, 0.25) is 0 Å². The minimum atomic E-state index is 0.810. The predicted octanol–water partition coefficient (Wildman–Crippen LogP) is 2.13.